The summed E-state index contributed by atoms with van der Waals surface area (Å²) in [4.78, 5) is 23.5. The van der Waals surface area contributed by atoms with Crippen molar-refractivity contribution in [2.45, 2.75) is 13.0 Å². The number of amides is 1. The maximum Gasteiger partial charge on any atom is 0.337 e. The molecule has 0 aliphatic heterocycles. The SMILES string of the molecule is COC(=O)c1cccc(NC(=O)C(C)n2cccn2)c1. The standard InChI is InChI=1S/C14H15N3O3/c1-10(17-8-4-7-15-17)13(18)16-12-6-3-5-11(9-12)14(19)20-2/h3-10H,1-2H3,(H,16,18). The van der Waals surface area contributed by atoms with E-state index in [9.17, 15) is 9.59 Å². The number of benzene rings is 1. The van der Waals surface area contributed by atoms with E-state index < -0.39 is 12.0 Å². The van der Waals surface area contributed by atoms with Crippen LogP contribution in [0.1, 0.15) is 23.3 Å². The van der Waals surface area contributed by atoms with Crippen LogP contribution in [0, 0.1) is 0 Å². The molecule has 1 aromatic carbocycles. The van der Waals surface area contributed by atoms with Crippen LogP contribution in [0.2, 0.25) is 0 Å². The second-order valence-corrected chi connectivity index (χ2v) is 4.22. The number of nitrogens with zero attached hydrogens (tertiary/aromatic N) is 2. The Morgan fingerprint density at radius 1 is 1.35 bits per heavy atom. The molecule has 1 N–H and O–H groups in total. The second-order valence-electron chi connectivity index (χ2n) is 4.22. The molecule has 0 aliphatic carbocycles. The highest BCUT2D eigenvalue weighted by Crippen LogP contribution is 2.14. The van der Waals surface area contributed by atoms with Crippen molar-refractivity contribution in [1.82, 2.24) is 9.78 Å². The van der Waals surface area contributed by atoms with Crippen molar-refractivity contribution in [3.8, 4) is 0 Å². The minimum absolute atomic E-state index is 0.212. The first kappa shape index (κ1) is 13.8. The summed E-state index contributed by atoms with van der Waals surface area (Å²) in [5, 5.41) is 6.76. The summed E-state index contributed by atoms with van der Waals surface area (Å²) in [5.41, 5.74) is 0.925. The Labute approximate surface area is 116 Å². The van der Waals surface area contributed by atoms with E-state index in [-0.39, 0.29) is 5.91 Å². The van der Waals surface area contributed by atoms with Crippen molar-refractivity contribution in [2.75, 3.05) is 12.4 Å². The van der Waals surface area contributed by atoms with E-state index in [4.69, 9.17) is 0 Å². The van der Waals surface area contributed by atoms with Crippen LogP contribution in [0.5, 0.6) is 0 Å². The highest BCUT2D eigenvalue weighted by molar-refractivity contribution is 5.96. The lowest BCUT2D eigenvalue weighted by Crippen LogP contribution is -2.24. The summed E-state index contributed by atoms with van der Waals surface area (Å²) in [6.07, 6.45) is 3.33. The smallest absolute Gasteiger partial charge is 0.337 e. The number of carbonyl (C=O) groups is 2. The van der Waals surface area contributed by atoms with Crippen molar-refractivity contribution < 1.29 is 14.3 Å². The number of rotatable bonds is 4. The van der Waals surface area contributed by atoms with E-state index in [0.29, 0.717) is 11.3 Å². The van der Waals surface area contributed by atoms with Crippen LogP contribution in [0.4, 0.5) is 5.69 Å². The fraction of sp³-hybridized carbons (Fsp3) is 0.214. The zero-order chi connectivity index (χ0) is 14.5. The summed E-state index contributed by atoms with van der Waals surface area (Å²) in [6, 6.07) is 7.90. The van der Waals surface area contributed by atoms with Crippen molar-refractivity contribution in [2.24, 2.45) is 0 Å². The minimum Gasteiger partial charge on any atom is -0.465 e. The summed E-state index contributed by atoms with van der Waals surface area (Å²) >= 11 is 0. The van der Waals surface area contributed by atoms with Crippen molar-refractivity contribution >= 4 is 17.6 Å². The molecular formula is C14H15N3O3. The van der Waals surface area contributed by atoms with Gasteiger partial charge in [0.2, 0.25) is 5.91 Å². The lowest BCUT2D eigenvalue weighted by molar-refractivity contribution is -0.119. The van der Waals surface area contributed by atoms with Crippen LogP contribution < -0.4 is 5.32 Å². The summed E-state index contributed by atoms with van der Waals surface area (Å²) < 4.78 is 6.19. The van der Waals surface area contributed by atoms with Gasteiger partial charge >= 0.3 is 5.97 Å². The third-order valence-electron chi connectivity index (χ3n) is 2.85. The number of hydrogen-bond donors (Lipinski definition) is 1. The Hall–Kier alpha value is -2.63. The highest BCUT2D eigenvalue weighted by Gasteiger charge is 2.15. The summed E-state index contributed by atoms with van der Waals surface area (Å²) in [6.45, 7) is 1.74. The van der Waals surface area contributed by atoms with Crippen LogP contribution in [0.3, 0.4) is 0 Å². The average molecular weight is 273 g/mol. The minimum atomic E-state index is -0.443. The van der Waals surface area contributed by atoms with Crippen molar-refractivity contribution in [1.29, 1.82) is 0 Å². The molecule has 0 bridgehead atoms. The molecule has 2 rings (SSSR count). The number of ether oxygens (including phenoxy) is 1. The van der Waals surface area contributed by atoms with Gasteiger partial charge in [-0.1, -0.05) is 6.07 Å². The van der Waals surface area contributed by atoms with Crippen LogP contribution in [0.25, 0.3) is 0 Å². The lowest BCUT2D eigenvalue weighted by atomic mass is 10.2. The third-order valence-corrected chi connectivity index (χ3v) is 2.85. The van der Waals surface area contributed by atoms with Crippen LogP contribution in [-0.2, 0) is 9.53 Å². The van der Waals surface area contributed by atoms with Crippen LogP contribution in [-0.4, -0.2) is 28.8 Å². The molecule has 0 spiro atoms. The molecule has 0 saturated heterocycles. The Kier molecular flexibility index (Phi) is 4.14. The number of anilines is 1. The summed E-state index contributed by atoms with van der Waals surface area (Å²) in [7, 11) is 1.31. The predicted molar refractivity (Wildman–Crippen MR) is 73.3 cm³/mol. The Morgan fingerprint density at radius 3 is 2.80 bits per heavy atom. The molecule has 6 heteroatoms. The fourth-order valence-electron chi connectivity index (χ4n) is 1.72. The topological polar surface area (TPSA) is 73.2 Å². The first-order chi connectivity index (χ1) is 9.61. The first-order valence-electron chi connectivity index (χ1n) is 6.10. The number of hydrogen-bond acceptors (Lipinski definition) is 4. The quantitative estimate of drug-likeness (QED) is 0.863. The van der Waals surface area contributed by atoms with E-state index >= 15 is 0 Å². The van der Waals surface area contributed by atoms with E-state index in [1.165, 1.54) is 7.11 Å². The zero-order valence-electron chi connectivity index (χ0n) is 11.2. The molecule has 104 valence electrons. The Morgan fingerprint density at radius 2 is 2.15 bits per heavy atom. The van der Waals surface area contributed by atoms with E-state index in [2.05, 4.69) is 15.2 Å². The van der Waals surface area contributed by atoms with Gasteiger partial charge in [-0.25, -0.2) is 4.79 Å². The summed E-state index contributed by atoms with van der Waals surface area (Å²) in [5.74, 6) is -0.656. The maximum absolute atomic E-state index is 12.1. The van der Waals surface area contributed by atoms with Crippen LogP contribution in [0.15, 0.2) is 42.7 Å². The van der Waals surface area contributed by atoms with Gasteiger partial charge in [0, 0.05) is 18.1 Å². The molecule has 0 radical (unpaired) electrons. The van der Waals surface area contributed by atoms with Crippen molar-refractivity contribution in [3.63, 3.8) is 0 Å². The molecule has 1 amide bonds. The molecule has 1 unspecified atom stereocenters. The molecule has 0 aliphatic rings. The van der Waals surface area contributed by atoms with E-state index in [0.717, 1.165) is 0 Å². The number of nitrogens with one attached hydrogen (secondary N) is 1. The van der Waals surface area contributed by atoms with E-state index in [1.54, 1.807) is 54.3 Å². The zero-order valence-corrected chi connectivity index (χ0v) is 11.2. The number of carbonyl (C=O) groups excluding carboxylic acids is 2. The molecule has 1 atom stereocenters. The average Bonchev–Trinajstić information content (AvgIpc) is 3.00. The molecule has 2 aromatic rings. The Bertz CT molecular complexity index is 608. The van der Waals surface area contributed by atoms with Gasteiger partial charge in [-0.2, -0.15) is 5.10 Å². The third kappa shape index (κ3) is 3.03. The first-order valence-corrected chi connectivity index (χ1v) is 6.10. The molecule has 1 heterocycles. The number of aromatic nitrogens is 2. The van der Waals surface area contributed by atoms with Gasteiger partial charge in [-0.3, -0.25) is 9.48 Å². The molecular weight excluding hydrogens is 258 g/mol. The van der Waals surface area contributed by atoms with Crippen LogP contribution >= 0.6 is 0 Å². The fourth-order valence-corrected chi connectivity index (χ4v) is 1.72. The molecule has 0 saturated carbocycles. The normalized spacial score (nSPS) is 11.7. The highest BCUT2D eigenvalue weighted by atomic mass is 16.5. The molecule has 20 heavy (non-hydrogen) atoms. The maximum atomic E-state index is 12.1. The molecule has 6 nitrogen and oxygen atoms in total. The van der Waals surface area contributed by atoms with Gasteiger partial charge in [-0.15, -0.1) is 0 Å². The van der Waals surface area contributed by atoms with Gasteiger partial charge in [0.1, 0.15) is 6.04 Å². The largest absolute Gasteiger partial charge is 0.465 e. The lowest BCUT2D eigenvalue weighted by Gasteiger charge is -2.13. The predicted octanol–water partition coefficient (Wildman–Crippen LogP) is 1.87. The van der Waals surface area contributed by atoms with Gasteiger partial charge in [0.25, 0.3) is 0 Å². The van der Waals surface area contributed by atoms with Gasteiger partial charge < -0.3 is 10.1 Å². The number of methoxy groups -OCH3 is 1. The van der Waals surface area contributed by atoms with Gasteiger partial charge in [0.05, 0.1) is 12.7 Å². The second kappa shape index (κ2) is 6.01. The number of esters is 1. The molecule has 0 fully saturated rings. The van der Waals surface area contributed by atoms with Gasteiger partial charge in [0.15, 0.2) is 0 Å². The van der Waals surface area contributed by atoms with E-state index in [1.807, 2.05) is 0 Å². The van der Waals surface area contributed by atoms with Crippen molar-refractivity contribution in [3.05, 3.63) is 48.3 Å². The van der Waals surface area contributed by atoms with Gasteiger partial charge in [-0.05, 0) is 31.2 Å². The monoisotopic (exact) mass is 273 g/mol. The Balaban J connectivity index is 2.10. The molecule has 1 aromatic heterocycles.